The molecule has 0 aliphatic rings. The average Bonchev–Trinajstić information content (AvgIpc) is 2.30. The Bertz CT molecular complexity index is 562. The number of hydrogen-bond acceptors (Lipinski definition) is 2. The second kappa shape index (κ2) is 5.55. The topological polar surface area (TPSA) is 25.8 Å². The largest absolute Gasteiger partial charge is 0.220 e. The zero-order valence-electron chi connectivity index (χ0n) is 9.92. The van der Waals surface area contributed by atoms with E-state index in [0.29, 0.717) is 21.7 Å². The van der Waals surface area contributed by atoms with Crippen molar-refractivity contribution in [2.75, 3.05) is 0 Å². The maximum Gasteiger partial charge on any atom is 0.142 e. The molecule has 0 aliphatic heterocycles. The molecule has 0 N–H and O–H groups in total. The van der Waals surface area contributed by atoms with E-state index in [-0.39, 0.29) is 5.92 Å². The molecular weight excluding hydrogens is 335 g/mol. The summed E-state index contributed by atoms with van der Waals surface area (Å²) in [5.74, 6) is 0.842. The molecule has 0 saturated carbocycles. The predicted molar refractivity (Wildman–Crippen MR) is 79.3 cm³/mol. The van der Waals surface area contributed by atoms with Crippen molar-refractivity contribution in [2.24, 2.45) is 0 Å². The second-order valence-electron chi connectivity index (χ2n) is 4.17. The standard InChI is InChI=1S/C13H11BrCl2N2/c1-7(2)13-17-11(15)10(12(16)18-13)8-5-3-4-6-9(8)14/h3-7H,1-2H3. The normalized spacial score (nSPS) is 11.0. The summed E-state index contributed by atoms with van der Waals surface area (Å²) in [6, 6.07) is 7.70. The van der Waals surface area contributed by atoms with E-state index < -0.39 is 0 Å². The summed E-state index contributed by atoms with van der Waals surface area (Å²) in [6.45, 7) is 4.00. The van der Waals surface area contributed by atoms with Gasteiger partial charge < -0.3 is 0 Å². The van der Waals surface area contributed by atoms with E-state index >= 15 is 0 Å². The third-order valence-electron chi connectivity index (χ3n) is 2.50. The Morgan fingerprint density at radius 2 is 1.61 bits per heavy atom. The fourth-order valence-corrected chi connectivity index (χ4v) is 2.65. The minimum atomic E-state index is 0.188. The van der Waals surface area contributed by atoms with Crippen LogP contribution in [0.1, 0.15) is 25.6 Å². The molecule has 18 heavy (non-hydrogen) atoms. The van der Waals surface area contributed by atoms with Crippen LogP contribution in [0.3, 0.4) is 0 Å². The number of rotatable bonds is 2. The van der Waals surface area contributed by atoms with Crippen LogP contribution >= 0.6 is 39.1 Å². The molecule has 0 saturated heterocycles. The molecule has 0 spiro atoms. The highest BCUT2D eigenvalue weighted by Crippen LogP contribution is 2.37. The summed E-state index contributed by atoms with van der Waals surface area (Å²) in [5, 5.41) is 0.760. The van der Waals surface area contributed by atoms with Crippen molar-refractivity contribution in [3.05, 3.63) is 44.9 Å². The fraction of sp³-hybridized carbons (Fsp3) is 0.231. The van der Waals surface area contributed by atoms with Gasteiger partial charge in [0.2, 0.25) is 0 Å². The summed E-state index contributed by atoms with van der Waals surface area (Å²) < 4.78 is 0.912. The van der Waals surface area contributed by atoms with Crippen LogP contribution in [0.15, 0.2) is 28.7 Å². The number of benzene rings is 1. The zero-order valence-corrected chi connectivity index (χ0v) is 13.0. The van der Waals surface area contributed by atoms with Crippen LogP contribution in [-0.4, -0.2) is 9.97 Å². The molecule has 2 rings (SSSR count). The lowest BCUT2D eigenvalue weighted by molar-refractivity contribution is 0.775. The minimum Gasteiger partial charge on any atom is -0.220 e. The van der Waals surface area contributed by atoms with E-state index in [2.05, 4.69) is 25.9 Å². The number of aromatic nitrogens is 2. The SMILES string of the molecule is CC(C)c1nc(Cl)c(-c2ccccc2Br)c(Cl)n1. The van der Waals surface area contributed by atoms with E-state index in [1.165, 1.54) is 0 Å². The first-order valence-corrected chi connectivity index (χ1v) is 7.03. The third kappa shape index (κ3) is 2.68. The van der Waals surface area contributed by atoms with E-state index in [9.17, 15) is 0 Å². The molecule has 1 aromatic carbocycles. The number of hydrogen-bond donors (Lipinski definition) is 0. The summed E-state index contributed by atoms with van der Waals surface area (Å²) in [7, 11) is 0. The van der Waals surface area contributed by atoms with Gasteiger partial charge in [-0.25, -0.2) is 9.97 Å². The van der Waals surface area contributed by atoms with Gasteiger partial charge in [-0.3, -0.25) is 0 Å². The van der Waals surface area contributed by atoms with Crippen molar-refractivity contribution in [1.29, 1.82) is 0 Å². The van der Waals surface area contributed by atoms with Crippen LogP contribution in [0.25, 0.3) is 11.1 Å². The van der Waals surface area contributed by atoms with Crippen molar-refractivity contribution in [2.45, 2.75) is 19.8 Å². The highest BCUT2D eigenvalue weighted by atomic mass is 79.9. The maximum atomic E-state index is 6.23. The lowest BCUT2D eigenvalue weighted by atomic mass is 10.1. The molecule has 0 unspecified atom stereocenters. The van der Waals surface area contributed by atoms with Crippen molar-refractivity contribution in [3.63, 3.8) is 0 Å². The van der Waals surface area contributed by atoms with Crippen LogP contribution in [-0.2, 0) is 0 Å². The number of halogens is 3. The molecule has 0 bridgehead atoms. The van der Waals surface area contributed by atoms with Crippen LogP contribution in [0.5, 0.6) is 0 Å². The van der Waals surface area contributed by atoms with Crippen molar-refractivity contribution < 1.29 is 0 Å². The molecule has 94 valence electrons. The van der Waals surface area contributed by atoms with Gasteiger partial charge >= 0.3 is 0 Å². The molecule has 2 nitrogen and oxygen atoms in total. The van der Waals surface area contributed by atoms with Gasteiger partial charge in [-0.2, -0.15) is 0 Å². The van der Waals surface area contributed by atoms with E-state index in [0.717, 1.165) is 10.0 Å². The Labute approximate surface area is 124 Å². The van der Waals surface area contributed by atoms with Gasteiger partial charge in [0.15, 0.2) is 0 Å². The lowest BCUT2D eigenvalue weighted by Crippen LogP contribution is -2.00. The molecule has 1 heterocycles. The van der Waals surface area contributed by atoms with E-state index in [4.69, 9.17) is 23.2 Å². The van der Waals surface area contributed by atoms with E-state index in [1.807, 2.05) is 38.1 Å². The summed E-state index contributed by atoms with van der Waals surface area (Å²) in [6.07, 6.45) is 0. The van der Waals surface area contributed by atoms with Gasteiger partial charge in [-0.15, -0.1) is 0 Å². The first kappa shape index (κ1) is 13.8. The Hall–Kier alpha value is -0.640. The van der Waals surface area contributed by atoms with Gasteiger partial charge in [0.05, 0.1) is 5.56 Å². The first-order chi connectivity index (χ1) is 8.50. The molecule has 0 amide bonds. The average molecular weight is 346 g/mol. The maximum absolute atomic E-state index is 6.23. The van der Waals surface area contributed by atoms with Gasteiger partial charge in [-0.1, -0.05) is 71.2 Å². The van der Waals surface area contributed by atoms with Crippen LogP contribution in [0.2, 0.25) is 10.3 Å². The van der Waals surface area contributed by atoms with Crippen molar-refractivity contribution in [3.8, 4) is 11.1 Å². The lowest BCUT2D eigenvalue weighted by Gasteiger charge is -2.11. The molecular formula is C13H11BrCl2N2. The molecule has 1 aromatic heterocycles. The molecule has 0 atom stereocenters. The van der Waals surface area contributed by atoms with Gasteiger partial charge in [-0.05, 0) is 6.07 Å². The highest BCUT2D eigenvalue weighted by Gasteiger charge is 2.16. The third-order valence-corrected chi connectivity index (χ3v) is 3.74. The second-order valence-corrected chi connectivity index (χ2v) is 5.74. The molecule has 0 aliphatic carbocycles. The number of nitrogens with zero attached hydrogens (tertiary/aromatic N) is 2. The Morgan fingerprint density at radius 3 is 2.11 bits per heavy atom. The quantitative estimate of drug-likeness (QED) is 0.687. The fourth-order valence-electron chi connectivity index (χ4n) is 1.57. The van der Waals surface area contributed by atoms with Gasteiger partial charge in [0.25, 0.3) is 0 Å². The van der Waals surface area contributed by atoms with Crippen LogP contribution < -0.4 is 0 Å². The van der Waals surface area contributed by atoms with Crippen LogP contribution in [0, 0.1) is 0 Å². The van der Waals surface area contributed by atoms with Crippen molar-refractivity contribution >= 4 is 39.1 Å². The Morgan fingerprint density at radius 1 is 1.06 bits per heavy atom. The molecule has 5 heteroatoms. The van der Waals surface area contributed by atoms with Gasteiger partial charge in [0.1, 0.15) is 16.1 Å². The van der Waals surface area contributed by atoms with Crippen molar-refractivity contribution in [1.82, 2.24) is 9.97 Å². The Balaban J connectivity index is 2.63. The predicted octanol–water partition coefficient (Wildman–Crippen LogP) is 5.34. The first-order valence-electron chi connectivity index (χ1n) is 5.48. The van der Waals surface area contributed by atoms with Gasteiger partial charge in [0, 0.05) is 16.0 Å². The van der Waals surface area contributed by atoms with E-state index in [1.54, 1.807) is 0 Å². The molecule has 0 radical (unpaired) electrons. The summed E-state index contributed by atoms with van der Waals surface area (Å²) >= 11 is 15.9. The highest BCUT2D eigenvalue weighted by molar-refractivity contribution is 9.10. The smallest absolute Gasteiger partial charge is 0.142 e. The Kier molecular flexibility index (Phi) is 4.25. The summed E-state index contributed by atoms with van der Waals surface area (Å²) in [4.78, 5) is 8.60. The van der Waals surface area contributed by atoms with Crippen LogP contribution in [0.4, 0.5) is 0 Å². The monoisotopic (exact) mass is 344 g/mol. The summed E-state index contributed by atoms with van der Waals surface area (Å²) in [5.41, 5.74) is 1.55. The minimum absolute atomic E-state index is 0.188. The molecule has 2 aromatic rings. The molecule has 0 fully saturated rings. The zero-order chi connectivity index (χ0) is 13.3.